The van der Waals surface area contributed by atoms with Crippen LogP contribution >= 0.6 is 11.8 Å². The summed E-state index contributed by atoms with van der Waals surface area (Å²) in [5.74, 6) is 0.486. The molecule has 0 aromatic heterocycles. The number of carbonyl (C=O) groups is 3. The largest absolute Gasteiger partial charge is 0.462 e. The molecule has 0 saturated heterocycles. The molecule has 21 heavy (non-hydrogen) atoms. The van der Waals surface area contributed by atoms with E-state index in [4.69, 9.17) is 15.2 Å². The Kier molecular flexibility index (Phi) is 7.56. The Morgan fingerprint density at radius 2 is 2.05 bits per heavy atom. The van der Waals surface area contributed by atoms with E-state index in [0.29, 0.717) is 17.4 Å². The van der Waals surface area contributed by atoms with Gasteiger partial charge in [0.2, 0.25) is 5.91 Å². The van der Waals surface area contributed by atoms with Crippen molar-refractivity contribution >= 4 is 29.6 Å². The summed E-state index contributed by atoms with van der Waals surface area (Å²) in [6.07, 6.45) is 0.947. The van der Waals surface area contributed by atoms with E-state index in [2.05, 4.69) is 0 Å². The molecule has 1 rings (SSSR count). The van der Waals surface area contributed by atoms with Crippen molar-refractivity contribution < 1.29 is 23.9 Å². The van der Waals surface area contributed by atoms with Crippen LogP contribution in [0.1, 0.15) is 33.1 Å². The van der Waals surface area contributed by atoms with Crippen LogP contribution in [0.3, 0.4) is 0 Å². The van der Waals surface area contributed by atoms with Crippen molar-refractivity contribution in [2.45, 2.75) is 39.2 Å². The minimum atomic E-state index is -0.473. The van der Waals surface area contributed by atoms with Crippen molar-refractivity contribution in [3.05, 3.63) is 0 Å². The van der Waals surface area contributed by atoms with Gasteiger partial charge in [0.05, 0.1) is 5.92 Å². The number of primary amides is 1. The highest BCUT2D eigenvalue weighted by molar-refractivity contribution is 7.99. The van der Waals surface area contributed by atoms with E-state index in [1.807, 2.05) is 6.92 Å². The first-order valence-electron chi connectivity index (χ1n) is 7.16. The van der Waals surface area contributed by atoms with Crippen molar-refractivity contribution in [3.8, 4) is 0 Å². The van der Waals surface area contributed by atoms with E-state index >= 15 is 0 Å². The molecule has 6 nitrogen and oxygen atoms in total. The summed E-state index contributed by atoms with van der Waals surface area (Å²) in [6, 6.07) is 0. The average molecular weight is 317 g/mol. The Hall–Kier alpha value is -1.24. The van der Waals surface area contributed by atoms with Crippen molar-refractivity contribution in [2.75, 3.05) is 18.1 Å². The smallest absolute Gasteiger partial charge is 0.309 e. The van der Waals surface area contributed by atoms with Crippen LogP contribution in [0.4, 0.5) is 0 Å². The molecule has 1 aliphatic rings. The van der Waals surface area contributed by atoms with Crippen LogP contribution in [0.15, 0.2) is 0 Å². The molecule has 0 spiro atoms. The standard InChI is InChI=1S/C14H23NO5S/c1-3-13(17)19-7-10(8-21-5-4-12(15)16)20-14(18)11-6-9(11)2/h9-11H,3-8H2,1-2H3,(H2,15,16). The lowest BCUT2D eigenvalue weighted by Crippen LogP contribution is -2.28. The van der Waals surface area contributed by atoms with E-state index in [1.54, 1.807) is 6.92 Å². The van der Waals surface area contributed by atoms with Gasteiger partial charge in [-0.3, -0.25) is 14.4 Å². The van der Waals surface area contributed by atoms with Crippen molar-refractivity contribution in [2.24, 2.45) is 17.6 Å². The molecule has 3 unspecified atom stereocenters. The van der Waals surface area contributed by atoms with E-state index in [-0.39, 0.29) is 43.2 Å². The van der Waals surface area contributed by atoms with Crippen LogP contribution < -0.4 is 5.73 Å². The van der Waals surface area contributed by atoms with E-state index in [9.17, 15) is 14.4 Å². The normalized spacial score (nSPS) is 21.4. The molecule has 0 heterocycles. The number of esters is 2. The number of ether oxygens (including phenoxy) is 2. The number of thioether (sulfide) groups is 1. The second-order valence-electron chi connectivity index (χ2n) is 5.21. The molecule has 0 radical (unpaired) electrons. The fraction of sp³-hybridized carbons (Fsp3) is 0.786. The van der Waals surface area contributed by atoms with E-state index < -0.39 is 6.10 Å². The van der Waals surface area contributed by atoms with Crippen LogP contribution in [-0.2, 0) is 23.9 Å². The molecule has 7 heteroatoms. The Labute approximate surface area is 129 Å². The third-order valence-electron chi connectivity index (χ3n) is 3.21. The van der Waals surface area contributed by atoms with Crippen LogP contribution in [-0.4, -0.2) is 42.1 Å². The van der Waals surface area contributed by atoms with Gasteiger partial charge in [-0.15, -0.1) is 0 Å². The molecule has 3 atom stereocenters. The highest BCUT2D eigenvalue weighted by atomic mass is 32.2. The zero-order chi connectivity index (χ0) is 15.8. The Balaban J connectivity index is 2.35. The second-order valence-corrected chi connectivity index (χ2v) is 6.36. The monoisotopic (exact) mass is 317 g/mol. The van der Waals surface area contributed by atoms with Gasteiger partial charge >= 0.3 is 11.9 Å². The molecule has 1 saturated carbocycles. The van der Waals surface area contributed by atoms with Crippen LogP contribution in [0, 0.1) is 11.8 Å². The number of rotatable bonds is 10. The molecule has 120 valence electrons. The fourth-order valence-electron chi connectivity index (χ4n) is 1.69. The Morgan fingerprint density at radius 3 is 2.57 bits per heavy atom. The minimum absolute atomic E-state index is 0.0232. The predicted molar refractivity (Wildman–Crippen MR) is 79.5 cm³/mol. The number of amides is 1. The third kappa shape index (κ3) is 7.36. The summed E-state index contributed by atoms with van der Waals surface area (Å²) in [4.78, 5) is 33.7. The van der Waals surface area contributed by atoms with Crippen LogP contribution in [0.2, 0.25) is 0 Å². The molecule has 0 aromatic rings. The molecule has 0 aromatic carbocycles. The summed E-state index contributed by atoms with van der Waals surface area (Å²) < 4.78 is 10.4. The zero-order valence-electron chi connectivity index (χ0n) is 12.5. The zero-order valence-corrected chi connectivity index (χ0v) is 13.3. The van der Waals surface area contributed by atoms with Crippen molar-refractivity contribution in [3.63, 3.8) is 0 Å². The van der Waals surface area contributed by atoms with Gasteiger partial charge < -0.3 is 15.2 Å². The lowest BCUT2D eigenvalue weighted by atomic mass is 10.3. The Morgan fingerprint density at radius 1 is 1.38 bits per heavy atom. The SMILES string of the molecule is CCC(=O)OCC(CSCCC(N)=O)OC(=O)C1CC1C. The van der Waals surface area contributed by atoms with Gasteiger partial charge in [0.25, 0.3) is 0 Å². The lowest BCUT2D eigenvalue weighted by molar-refractivity contribution is -0.158. The summed E-state index contributed by atoms with van der Waals surface area (Å²) in [7, 11) is 0. The lowest BCUT2D eigenvalue weighted by Gasteiger charge is -2.17. The van der Waals surface area contributed by atoms with Gasteiger partial charge in [-0.25, -0.2) is 0 Å². The minimum Gasteiger partial charge on any atom is -0.462 e. The van der Waals surface area contributed by atoms with Crippen LogP contribution in [0.25, 0.3) is 0 Å². The van der Waals surface area contributed by atoms with Gasteiger partial charge in [0.15, 0.2) is 0 Å². The highest BCUT2D eigenvalue weighted by Gasteiger charge is 2.41. The third-order valence-corrected chi connectivity index (χ3v) is 4.31. The van der Waals surface area contributed by atoms with Gasteiger partial charge in [0, 0.05) is 24.3 Å². The maximum absolute atomic E-state index is 11.8. The molecule has 1 amide bonds. The highest BCUT2D eigenvalue weighted by Crippen LogP contribution is 2.38. The molecule has 1 aliphatic carbocycles. The van der Waals surface area contributed by atoms with Gasteiger partial charge in [0.1, 0.15) is 12.7 Å². The van der Waals surface area contributed by atoms with E-state index in [0.717, 1.165) is 6.42 Å². The maximum Gasteiger partial charge on any atom is 0.309 e. The number of carbonyl (C=O) groups excluding carboxylic acids is 3. The molecule has 2 N–H and O–H groups in total. The Bertz CT molecular complexity index is 388. The summed E-state index contributed by atoms with van der Waals surface area (Å²) in [5, 5.41) is 0. The molecule has 0 aliphatic heterocycles. The molecule has 1 fully saturated rings. The molecule has 0 bridgehead atoms. The number of nitrogens with two attached hydrogens (primary N) is 1. The average Bonchev–Trinajstić information content (AvgIpc) is 3.16. The second kappa shape index (κ2) is 8.92. The van der Waals surface area contributed by atoms with E-state index in [1.165, 1.54) is 11.8 Å². The predicted octanol–water partition coefficient (Wildman–Crippen LogP) is 1.12. The summed E-state index contributed by atoms with van der Waals surface area (Å²) in [6.45, 7) is 3.76. The number of hydrogen-bond donors (Lipinski definition) is 1. The first-order chi connectivity index (χ1) is 9.93. The summed E-state index contributed by atoms with van der Waals surface area (Å²) >= 11 is 1.45. The molecular formula is C14H23NO5S. The van der Waals surface area contributed by atoms with Crippen LogP contribution in [0.5, 0.6) is 0 Å². The van der Waals surface area contributed by atoms with Crippen molar-refractivity contribution in [1.82, 2.24) is 0 Å². The van der Waals surface area contributed by atoms with Crippen molar-refractivity contribution in [1.29, 1.82) is 0 Å². The summed E-state index contributed by atoms with van der Waals surface area (Å²) in [5.41, 5.74) is 5.06. The first kappa shape index (κ1) is 17.8. The fourth-order valence-corrected chi connectivity index (χ4v) is 2.63. The van der Waals surface area contributed by atoms with Gasteiger partial charge in [-0.05, 0) is 12.3 Å². The van der Waals surface area contributed by atoms with Gasteiger partial charge in [-0.1, -0.05) is 13.8 Å². The van der Waals surface area contributed by atoms with Gasteiger partial charge in [-0.2, -0.15) is 11.8 Å². The quantitative estimate of drug-likeness (QED) is 0.479. The topological polar surface area (TPSA) is 95.7 Å². The first-order valence-corrected chi connectivity index (χ1v) is 8.31. The number of hydrogen-bond acceptors (Lipinski definition) is 6. The molecular weight excluding hydrogens is 294 g/mol. The maximum atomic E-state index is 11.8.